The van der Waals surface area contributed by atoms with E-state index >= 15 is 0 Å². The van der Waals surface area contributed by atoms with Crippen LogP contribution in [0.4, 0.5) is 0 Å². The topological polar surface area (TPSA) is 67.2 Å². The van der Waals surface area contributed by atoms with Crippen molar-refractivity contribution in [1.29, 1.82) is 0 Å². The Labute approximate surface area is 171 Å². The van der Waals surface area contributed by atoms with Gasteiger partial charge in [0.05, 0.1) is 30.4 Å². The normalized spacial score (nSPS) is 16.0. The van der Waals surface area contributed by atoms with E-state index in [1.54, 1.807) is 4.68 Å². The first kappa shape index (κ1) is 19.7. The Balaban J connectivity index is 1.42. The van der Waals surface area contributed by atoms with Crippen LogP contribution in [0.3, 0.4) is 0 Å². The van der Waals surface area contributed by atoms with Gasteiger partial charge in [-0.2, -0.15) is 15.3 Å². The van der Waals surface area contributed by atoms with Crippen molar-refractivity contribution in [2.45, 2.75) is 26.3 Å². The molecular formula is C22H28N6O. The smallest absolute Gasteiger partial charge is 0.152 e. The first-order valence-corrected chi connectivity index (χ1v) is 10.2. The Morgan fingerprint density at radius 2 is 1.86 bits per heavy atom. The number of fused-ring (bicyclic) bond motifs is 1. The summed E-state index contributed by atoms with van der Waals surface area (Å²) < 4.78 is 1.79. The van der Waals surface area contributed by atoms with Crippen molar-refractivity contribution >= 4 is 16.7 Å². The van der Waals surface area contributed by atoms with E-state index in [9.17, 15) is 4.79 Å². The van der Waals surface area contributed by atoms with E-state index < -0.39 is 0 Å². The van der Waals surface area contributed by atoms with Gasteiger partial charge in [0, 0.05) is 56.4 Å². The molecule has 7 heteroatoms. The maximum Gasteiger partial charge on any atom is 0.152 e. The van der Waals surface area contributed by atoms with Gasteiger partial charge < -0.3 is 0 Å². The average Bonchev–Trinajstić information content (AvgIpc) is 3.14. The Bertz CT molecular complexity index is 1000. The molecule has 2 aromatic heterocycles. The van der Waals surface area contributed by atoms with Crippen LogP contribution in [0.2, 0.25) is 0 Å². The van der Waals surface area contributed by atoms with Gasteiger partial charge in [-0.3, -0.25) is 19.3 Å². The number of aryl methyl sites for hydroxylation is 1. The highest BCUT2D eigenvalue weighted by molar-refractivity contribution is 5.86. The Morgan fingerprint density at radius 1 is 1.07 bits per heavy atom. The van der Waals surface area contributed by atoms with Crippen molar-refractivity contribution in [1.82, 2.24) is 29.8 Å². The molecule has 0 N–H and O–H groups in total. The van der Waals surface area contributed by atoms with E-state index in [0.29, 0.717) is 19.0 Å². The molecule has 0 atom stereocenters. The highest BCUT2D eigenvalue weighted by Gasteiger charge is 2.20. The summed E-state index contributed by atoms with van der Waals surface area (Å²) in [5.41, 5.74) is 3.70. The minimum atomic E-state index is 0.195. The number of rotatable bonds is 6. The fourth-order valence-electron chi connectivity index (χ4n) is 3.87. The second-order valence-electron chi connectivity index (χ2n) is 8.13. The number of benzene rings is 1. The molecule has 1 saturated heterocycles. The Hall–Kier alpha value is -2.64. The summed E-state index contributed by atoms with van der Waals surface area (Å²) in [6.45, 7) is 8.87. The molecule has 29 heavy (non-hydrogen) atoms. The van der Waals surface area contributed by atoms with E-state index in [-0.39, 0.29) is 5.78 Å². The predicted octanol–water partition coefficient (Wildman–Crippen LogP) is 2.17. The van der Waals surface area contributed by atoms with E-state index in [4.69, 9.17) is 0 Å². The number of Topliss-reactive ketones (excluding diaryl/α,β-unsaturated/α-hetero) is 1. The summed E-state index contributed by atoms with van der Waals surface area (Å²) in [5, 5.41) is 13.8. The van der Waals surface area contributed by atoms with Crippen molar-refractivity contribution in [2.75, 3.05) is 32.7 Å². The lowest BCUT2D eigenvalue weighted by Crippen LogP contribution is -2.50. The van der Waals surface area contributed by atoms with Crippen LogP contribution >= 0.6 is 0 Å². The van der Waals surface area contributed by atoms with Crippen LogP contribution in [-0.2, 0) is 18.3 Å². The van der Waals surface area contributed by atoms with E-state index in [1.807, 2.05) is 37.6 Å². The highest BCUT2D eigenvalue weighted by Crippen LogP contribution is 2.23. The van der Waals surface area contributed by atoms with Crippen LogP contribution in [0.25, 0.3) is 22.0 Å². The number of ketones is 1. The first-order valence-electron chi connectivity index (χ1n) is 10.2. The monoisotopic (exact) mass is 392 g/mol. The van der Waals surface area contributed by atoms with Crippen molar-refractivity contribution < 1.29 is 4.79 Å². The number of nitrogens with zero attached hydrogens (tertiary/aromatic N) is 6. The fraction of sp³-hybridized carbons (Fsp3) is 0.455. The van der Waals surface area contributed by atoms with Crippen molar-refractivity contribution in [2.24, 2.45) is 7.05 Å². The van der Waals surface area contributed by atoms with Gasteiger partial charge in [-0.25, -0.2) is 0 Å². The molecule has 4 rings (SSSR count). The van der Waals surface area contributed by atoms with Crippen LogP contribution in [0.5, 0.6) is 0 Å². The Morgan fingerprint density at radius 3 is 2.55 bits per heavy atom. The molecule has 1 aromatic carbocycles. The highest BCUT2D eigenvalue weighted by atomic mass is 16.1. The zero-order chi connectivity index (χ0) is 20.4. The average molecular weight is 393 g/mol. The molecule has 0 unspecified atom stereocenters. The van der Waals surface area contributed by atoms with Gasteiger partial charge >= 0.3 is 0 Å². The largest absolute Gasteiger partial charge is 0.298 e. The quantitative estimate of drug-likeness (QED) is 0.641. The molecule has 3 aromatic rings. The third-order valence-corrected chi connectivity index (χ3v) is 5.59. The van der Waals surface area contributed by atoms with Gasteiger partial charge in [-0.15, -0.1) is 0 Å². The van der Waals surface area contributed by atoms with Gasteiger partial charge in [0.2, 0.25) is 0 Å². The minimum absolute atomic E-state index is 0.195. The van der Waals surface area contributed by atoms with Gasteiger partial charge in [0.1, 0.15) is 0 Å². The standard InChI is InChI=1S/C22H28N6O/c1-16(2)28-8-6-27(7-9-28)15-21(29)12-20-11-18-10-17(4-5-22(18)25-24-20)19-13-23-26(3)14-19/h4-5,10-11,13-14,16H,6-9,12,15H2,1-3H3. The summed E-state index contributed by atoms with van der Waals surface area (Å²) in [4.78, 5) is 17.3. The van der Waals surface area contributed by atoms with Crippen molar-refractivity contribution in [3.63, 3.8) is 0 Å². The number of hydrogen-bond donors (Lipinski definition) is 0. The lowest BCUT2D eigenvalue weighted by Gasteiger charge is -2.36. The molecule has 7 nitrogen and oxygen atoms in total. The molecule has 1 aliphatic rings. The SMILES string of the molecule is CC(C)N1CCN(CC(=O)Cc2cc3cc(-c4cnn(C)c4)ccc3nn2)CC1. The molecule has 0 radical (unpaired) electrons. The molecule has 3 heterocycles. The predicted molar refractivity (Wildman–Crippen MR) is 114 cm³/mol. The zero-order valence-corrected chi connectivity index (χ0v) is 17.4. The number of carbonyl (C=O) groups excluding carboxylic acids is 1. The van der Waals surface area contributed by atoms with E-state index in [1.165, 1.54) is 0 Å². The molecular weight excluding hydrogens is 364 g/mol. The van der Waals surface area contributed by atoms with Crippen LogP contribution in [0.1, 0.15) is 19.5 Å². The molecule has 0 aliphatic carbocycles. The van der Waals surface area contributed by atoms with Crippen LogP contribution in [0, 0.1) is 0 Å². The second kappa shape index (κ2) is 8.39. The summed E-state index contributed by atoms with van der Waals surface area (Å²) in [6.07, 6.45) is 4.16. The number of piperazine rings is 1. The van der Waals surface area contributed by atoms with Gasteiger partial charge in [-0.05, 0) is 37.6 Å². The van der Waals surface area contributed by atoms with E-state index in [0.717, 1.165) is 53.9 Å². The third-order valence-electron chi connectivity index (χ3n) is 5.59. The maximum atomic E-state index is 12.6. The van der Waals surface area contributed by atoms with E-state index in [2.05, 4.69) is 45.0 Å². The molecule has 0 spiro atoms. The zero-order valence-electron chi connectivity index (χ0n) is 17.4. The van der Waals surface area contributed by atoms with Crippen LogP contribution in [0.15, 0.2) is 36.7 Å². The fourth-order valence-corrected chi connectivity index (χ4v) is 3.87. The minimum Gasteiger partial charge on any atom is -0.298 e. The molecule has 0 saturated carbocycles. The molecule has 0 amide bonds. The molecule has 1 aliphatic heterocycles. The number of carbonyl (C=O) groups is 1. The molecule has 0 bridgehead atoms. The summed E-state index contributed by atoms with van der Waals surface area (Å²) in [6, 6.07) is 8.62. The molecule has 152 valence electrons. The molecule has 1 fully saturated rings. The van der Waals surface area contributed by atoms with Crippen LogP contribution in [-0.4, -0.2) is 74.3 Å². The van der Waals surface area contributed by atoms with Gasteiger partial charge in [0.15, 0.2) is 5.78 Å². The van der Waals surface area contributed by atoms with Gasteiger partial charge in [0.25, 0.3) is 0 Å². The lowest BCUT2D eigenvalue weighted by molar-refractivity contribution is -0.120. The maximum absolute atomic E-state index is 12.6. The van der Waals surface area contributed by atoms with Gasteiger partial charge in [-0.1, -0.05) is 6.07 Å². The second-order valence-corrected chi connectivity index (χ2v) is 8.13. The third kappa shape index (κ3) is 4.68. The Kier molecular flexibility index (Phi) is 5.69. The van der Waals surface area contributed by atoms with Crippen molar-refractivity contribution in [3.8, 4) is 11.1 Å². The first-order chi connectivity index (χ1) is 14.0. The van der Waals surface area contributed by atoms with Crippen molar-refractivity contribution in [3.05, 3.63) is 42.4 Å². The number of aromatic nitrogens is 4. The summed E-state index contributed by atoms with van der Waals surface area (Å²) in [7, 11) is 1.91. The van der Waals surface area contributed by atoms with Crippen LogP contribution < -0.4 is 0 Å². The summed E-state index contributed by atoms with van der Waals surface area (Å²) in [5.74, 6) is 0.195. The summed E-state index contributed by atoms with van der Waals surface area (Å²) >= 11 is 0. The lowest BCUT2D eigenvalue weighted by atomic mass is 10.1. The number of hydrogen-bond acceptors (Lipinski definition) is 6.